The lowest BCUT2D eigenvalue weighted by Gasteiger charge is -2.14. The van der Waals surface area contributed by atoms with E-state index in [1.807, 2.05) is 12.1 Å². The van der Waals surface area contributed by atoms with Gasteiger partial charge in [-0.3, -0.25) is 9.78 Å². The molecule has 0 aromatic carbocycles. The number of nitrogens with one attached hydrogen (secondary N) is 1. The lowest BCUT2D eigenvalue weighted by atomic mass is 10.2. The van der Waals surface area contributed by atoms with Crippen LogP contribution in [0, 0.1) is 12.3 Å². The van der Waals surface area contributed by atoms with Gasteiger partial charge in [-0.25, -0.2) is 0 Å². The van der Waals surface area contributed by atoms with Gasteiger partial charge in [0.15, 0.2) is 0 Å². The fraction of sp³-hybridized carbons (Fsp3) is 0.286. The number of hydrogen-bond donors (Lipinski definition) is 1. The van der Waals surface area contributed by atoms with E-state index >= 15 is 0 Å². The number of carbonyl (C=O) groups excluding carboxylic acids is 1. The SMILES string of the molecule is C#CCN(C)C(=O)CNCc1cc(C=C)ccn1. The molecule has 0 aliphatic rings. The number of aromatic nitrogens is 1. The Kier molecular flexibility index (Phi) is 5.62. The van der Waals surface area contributed by atoms with Crippen LogP contribution in [0.15, 0.2) is 24.9 Å². The van der Waals surface area contributed by atoms with Gasteiger partial charge in [0.1, 0.15) is 0 Å². The highest BCUT2D eigenvalue weighted by molar-refractivity contribution is 5.78. The molecule has 0 saturated carbocycles. The van der Waals surface area contributed by atoms with E-state index in [9.17, 15) is 4.79 Å². The lowest BCUT2D eigenvalue weighted by Crippen LogP contribution is -2.35. The average molecular weight is 243 g/mol. The van der Waals surface area contributed by atoms with Crippen LogP contribution in [0.25, 0.3) is 6.08 Å². The van der Waals surface area contributed by atoms with E-state index in [2.05, 4.69) is 22.8 Å². The minimum Gasteiger partial charge on any atom is -0.334 e. The van der Waals surface area contributed by atoms with Gasteiger partial charge in [0, 0.05) is 19.8 Å². The highest BCUT2D eigenvalue weighted by atomic mass is 16.2. The maximum absolute atomic E-state index is 11.6. The zero-order chi connectivity index (χ0) is 13.4. The van der Waals surface area contributed by atoms with Crippen LogP contribution < -0.4 is 5.32 Å². The number of likely N-dealkylation sites (N-methyl/N-ethyl adjacent to an activating group) is 1. The average Bonchev–Trinajstić information content (AvgIpc) is 2.39. The summed E-state index contributed by atoms with van der Waals surface area (Å²) in [6, 6.07) is 3.80. The highest BCUT2D eigenvalue weighted by Gasteiger charge is 2.06. The van der Waals surface area contributed by atoms with Crippen molar-refractivity contribution in [1.29, 1.82) is 0 Å². The summed E-state index contributed by atoms with van der Waals surface area (Å²) in [7, 11) is 1.68. The maximum Gasteiger partial charge on any atom is 0.237 e. The minimum atomic E-state index is -0.0344. The summed E-state index contributed by atoms with van der Waals surface area (Å²) in [5, 5.41) is 3.04. The van der Waals surface area contributed by atoms with Gasteiger partial charge in [-0.05, 0) is 17.7 Å². The first-order chi connectivity index (χ1) is 8.67. The third kappa shape index (κ3) is 4.40. The van der Waals surface area contributed by atoms with Crippen LogP contribution >= 0.6 is 0 Å². The van der Waals surface area contributed by atoms with Crippen LogP contribution in [-0.2, 0) is 11.3 Å². The summed E-state index contributed by atoms with van der Waals surface area (Å²) >= 11 is 0. The molecule has 0 saturated heterocycles. The van der Waals surface area contributed by atoms with Crippen molar-refractivity contribution in [2.75, 3.05) is 20.1 Å². The topological polar surface area (TPSA) is 45.2 Å². The van der Waals surface area contributed by atoms with Crippen LogP contribution in [-0.4, -0.2) is 35.9 Å². The molecular weight excluding hydrogens is 226 g/mol. The van der Waals surface area contributed by atoms with Crippen molar-refractivity contribution in [3.8, 4) is 12.3 Å². The van der Waals surface area contributed by atoms with E-state index in [0.29, 0.717) is 13.1 Å². The van der Waals surface area contributed by atoms with Crippen molar-refractivity contribution in [2.24, 2.45) is 0 Å². The van der Waals surface area contributed by atoms with Crippen molar-refractivity contribution in [1.82, 2.24) is 15.2 Å². The second-order valence-electron chi connectivity index (χ2n) is 3.84. The van der Waals surface area contributed by atoms with Crippen LogP contribution in [0.1, 0.15) is 11.3 Å². The van der Waals surface area contributed by atoms with E-state index in [1.165, 1.54) is 4.90 Å². The Morgan fingerprint density at radius 2 is 2.50 bits per heavy atom. The Balaban J connectivity index is 2.39. The molecule has 0 fully saturated rings. The fourth-order valence-corrected chi connectivity index (χ4v) is 1.38. The van der Waals surface area contributed by atoms with Gasteiger partial charge < -0.3 is 10.2 Å². The zero-order valence-electron chi connectivity index (χ0n) is 10.5. The van der Waals surface area contributed by atoms with Crippen LogP contribution in [0.3, 0.4) is 0 Å². The molecule has 0 bridgehead atoms. The smallest absolute Gasteiger partial charge is 0.237 e. The predicted octanol–water partition coefficient (Wildman–Crippen LogP) is 0.906. The molecule has 1 aromatic heterocycles. The molecule has 0 spiro atoms. The number of terminal acetylenes is 1. The number of carbonyl (C=O) groups is 1. The number of hydrogen-bond acceptors (Lipinski definition) is 3. The van der Waals surface area contributed by atoms with E-state index < -0.39 is 0 Å². The predicted molar refractivity (Wildman–Crippen MR) is 72.5 cm³/mol. The van der Waals surface area contributed by atoms with Gasteiger partial charge in [-0.15, -0.1) is 6.42 Å². The third-order valence-electron chi connectivity index (χ3n) is 2.41. The standard InChI is InChI=1S/C14H17N3O/c1-4-8-17(3)14(18)11-15-10-13-9-12(5-2)6-7-16-13/h1,5-7,9,15H,2,8,10-11H2,3H3. The molecule has 1 heterocycles. The molecule has 0 aliphatic carbocycles. The summed E-state index contributed by atoms with van der Waals surface area (Å²) in [6.45, 7) is 4.81. The number of nitrogens with zero attached hydrogens (tertiary/aromatic N) is 2. The molecule has 4 heteroatoms. The second-order valence-corrected chi connectivity index (χ2v) is 3.84. The highest BCUT2D eigenvalue weighted by Crippen LogP contribution is 2.02. The summed E-state index contributed by atoms with van der Waals surface area (Å²) in [5.41, 5.74) is 1.89. The summed E-state index contributed by atoms with van der Waals surface area (Å²) in [5.74, 6) is 2.39. The Bertz CT molecular complexity index is 462. The van der Waals surface area contributed by atoms with E-state index in [1.54, 1.807) is 19.3 Å². The molecule has 0 unspecified atom stereocenters. The van der Waals surface area contributed by atoms with Gasteiger partial charge in [-0.2, -0.15) is 0 Å². The lowest BCUT2D eigenvalue weighted by molar-refractivity contribution is -0.128. The van der Waals surface area contributed by atoms with E-state index in [0.717, 1.165) is 11.3 Å². The molecular formula is C14H17N3O. The number of rotatable bonds is 6. The third-order valence-corrected chi connectivity index (χ3v) is 2.41. The minimum absolute atomic E-state index is 0.0344. The van der Waals surface area contributed by atoms with Gasteiger partial charge >= 0.3 is 0 Å². The molecule has 18 heavy (non-hydrogen) atoms. The van der Waals surface area contributed by atoms with E-state index in [4.69, 9.17) is 6.42 Å². The van der Waals surface area contributed by atoms with Crippen LogP contribution in [0.4, 0.5) is 0 Å². The monoisotopic (exact) mass is 243 g/mol. The van der Waals surface area contributed by atoms with Crippen LogP contribution in [0.5, 0.6) is 0 Å². The number of amides is 1. The van der Waals surface area contributed by atoms with Crippen molar-refractivity contribution in [3.05, 3.63) is 36.2 Å². The van der Waals surface area contributed by atoms with Gasteiger partial charge in [0.25, 0.3) is 0 Å². The first kappa shape index (κ1) is 13.9. The fourth-order valence-electron chi connectivity index (χ4n) is 1.38. The van der Waals surface area contributed by atoms with Crippen molar-refractivity contribution >= 4 is 12.0 Å². The molecule has 1 aromatic rings. The molecule has 1 N–H and O–H groups in total. The summed E-state index contributed by atoms with van der Waals surface area (Å²) < 4.78 is 0. The Labute approximate surface area is 108 Å². The molecule has 94 valence electrons. The summed E-state index contributed by atoms with van der Waals surface area (Å²) in [4.78, 5) is 17.3. The first-order valence-corrected chi connectivity index (χ1v) is 5.63. The first-order valence-electron chi connectivity index (χ1n) is 5.63. The maximum atomic E-state index is 11.6. The van der Waals surface area contributed by atoms with Crippen molar-refractivity contribution < 1.29 is 4.79 Å². The van der Waals surface area contributed by atoms with Crippen LogP contribution in [0.2, 0.25) is 0 Å². The van der Waals surface area contributed by atoms with Gasteiger partial charge in [0.2, 0.25) is 5.91 Å². The zero-order valence-corrected chi connectivity index (χ0v) is 10.5. The Morgan fingerprint density at radius 1 is 1.72 bits per heavy atom. The molecule has 4 nitrogen and oxygen atoms in total. The molecule has 0 atom stereocenters. The number of pyridine rings is 1. The normalized spacial score (nSPS) is 9.56. The largest absolute Gasteiger partial charge is 0.334 e. The van der Waals surface area contributed by atoms with Gasteiger partial charge in [-0.1, -0.05) is 18.6 Å². The molecule has 0 aliphatic heterocycles. The van der Waals surface area contributed by atoms with E-state index in [-0.39, 0.29) is 12.5 Å². The van der Waals surface area contributed by atoms with Crippen molar-refractivity contribution in [2.45, 2.75) is 6.54 Å². The second kappa shape index (κ2) is 7.25. The Hall–Kier alpha value is -2.12. The molecule has 1 amide bonds. The molecule has 0 radical (unpaired) electrons. The quantitative estimate of drug-likeness (QED) is 0.755. The van der Waals surface area contributed by atoms with Crippen molar-refractivity contribution in [3.63, 3.8) is 0 Å². The Morgan fingerprint density at radius 3 is 3.17 bits per heavy atom. The molecule has 1 rings (SSSR count). The van der Waals surface area contributed by atoms with Gasteiger partial charge in [0.05, 0.1) is 18.8 Å². The summed E-state index contributed by atoms with van der Waals surface area (Å²) in [6.07, 6.45) is 8.62.